The van der Waals surface area contributed by atoms with Gasteiger partial charge < -0.3 is 4.74 Å². The summed E-state index contributed by atoms with van der Waals surface area (Å²) >= 11 is 2.81. The van der Waals surface area contributed by atoms with Gasteiger partial charge in [0.15, 0.2) is 9.35 Å². The topological polar surface area (TPSA) is 69.9 Å². The monoisotopic (exact) mass is 326 g/mol. The Bertz CT molecular complexity index is 609. The van der Waals surface area contributed by atoms with Crippen LogP contribution in [-0.2, 0) is 16.1 Å². The zero-order valence-corrected chi connectivity index (χ0v) is 14.0. The minimum atomic E-state index is -0.263. The lowest BCUT2D eigenvalue weighted by molar-refractivity contribution is -0.137. The molecule has 0 bridgehead atoms. The standard InChI is InChI=1S/C13H18N4O2S2/c1-4-5-6-17-10(7-9(2)16-17)12-14-15-13(21-12)20-8-11(18)19-3/h7H,4-6,8H2,1-3H3. The number of rotatable bonds is 7. The van der Waals surface area contributed by atoms with Gasteiger partial charge in [0, 0.05) is 6.54 Å². The molecule has 0 amide bonds. The molecule has 0 aliphatic rings. The van der Waals surface area contributed by atoms with E-state index in [0.29, 0.717) is 0 Å². The van der Waals surface area contributed by atoms with Crippen LogP contribution >= 0.6 is 23.1 Å². The average Bonchev–Trinajstić information content (AvgIpc) is 3.08. The molecule has 2 rings (SSSR count). The number of unbranched alkanes of at least 4 members (excludes halogenated alkanes) is 1. The lowest BCUT2D eigenvalue weighted by Gasteiger charge is -2.03. The first-order valence-corrected chi connectivity index (χ1v) is 8.52. The summed E-state index contributed by atoms with van der Waals surface area (Å²) in [7, 11) is 1.38. The highest BCUT2D eigenvalue weighted by Crippen LogP contribution is 2.30. The minimum absolute atomic E-state index is 0.249. The third-order valence-corrected chi connectivity index (χ3v) is 4.84. The number of carbonyl (C=O) groups excluding carboxylic acids is 1. The fourth-order valence-electron chi connectivity index (χ4n) is 1.75. The van der Waals surface area contributed by atoms with Crippen LogP contribution in [0.25, 0.3) is 10.7 Å². The van der Waals surface area contributed by atoms with E-state index in [4.69, 9.17) is 0 Å². The number of hydrogen-bond donors (Lipinski definition) is 0. The van der Waals surface area contributed by atoms with E-state index in [0.717, 1.165) is 40.1 Å². The Morgan fingerprint density at radius 3 is 3.00 bits per heavy atom. The van der Waals surface area contributed by atoms with Crippen molar-refractivity contribution in [3.05, 3.63) is 11.8 Å². The highest BCUT2D eigenvalue weighted by molar-refractivity contribution is 8.01. The van der Waals surface area contributed by atoms with Gasteiger partial charge in [0.1, 0.15) is 0 Å². The summed E-state index contributed by atoms with van der Waals surface area (Å²) in [5.41, 5.74) is 1.96. The fourth-order valence-corrected chi connectivity index (χ4v) is 3.45. The first-order valence-electron chi connectivity index (χ1n) is 6.72. The molecule has 2 heterocycles. The normalized spacial score (nSPS) is 10.8. The number of ether oxygens (including phenoxy) is 1. The fraction of sp³-hybridized carbons (Fsp3) is 0.538. The summed E-state index contributed by atoms with van der Waals surface area (Å²) in [4.78, 5) is 11.1. The van der Waals surface area contributed by atoms with Gasteiger partial charge in [0.25, 0.3) is 0 Å². The van der Waals surface area contributed by atoms with Crippen molar-refractivity contribution in [1.29, 1.82) is 0 Å². The molecule has 0 radical (unpaired) electrons. The highest BCUT2D eigenvalue weighted by atomic mass is 32.2. The van der Waals surface area contributed by atoms with Gasteiger partial charge in [0.05, 0.1) is 24.3 Å². The molecule has 0 aromatic carbocycles. The third-order valence-electron chi connectivity index (χ3n) is 2.79. The zero-order valence-electron chi connectivity index (χ0n) is 12.3. The van der Waals surface area contributed by atoms with Gasteiger partial charge >= 0.3 is 5.97 Å². The molecule has 6 nitrogen and oxygen atoms in total. The minimum Gasteiger partial charge on any atom is -0.468 e. The second-order valence-electron chi connectivity index (χ2n) is 4.49. The van der Waals surface area contributed by atoms with Crippen LogP contribution in [0.4, 0.5) is 0 Å². The van der Waals surface area contributed by atoms with Crippen LogP contribution in [0.5, 0.6) is 0 Å². The van der Waals surface area contributed by atoms with Crippen LogP contribution in [0, 0.1) is 6.92 Å². The Labute approximate surface area is 131 Å². The van der Waals surface area contributed by atoms with Gasteiger partial charge in [-0.25, -0.2) is 0 Å². The van der Waals surface area contributed by atoms with Crippen molar-refractivity contribution in [3.63, 3.8) is 0 Å². The molecule has 0 N–H and O–H groups in total. The summed E-state index contributed by atoms with van der Waals surface area (Å²) in [6, 6.07) is 2.02. The summed E-state index contributed by atoms with van der Waals surface area (Å²) in [5, 5.41) is 13.6. The quantitative estimate of drug-likeness (QED) is 0.575. The molecule has 0 aliphatic carbocycles. The number of methoxy groups -OCH3 is 1. The van der Waals surface area contributed by atoms with Crippen LogP contribution in [0.15, 0.2) is 10.4 Å². The number of hydrogen-bond acceptors (Lipinski definition) is 7. The van der Waals surface area contributed by atoms with E-state index >= 15 is 0 Å². The van der Waals surface area contributed by atoms with E-state index in [1.54, 1.807) is 0 Å². The molecule has 114 valence electrons. The Morgan fingerprint density at radius 2 is 2.29 bits per heavy atom. The summed E-state index contributed by atoms with van der Waals surface area (Å²) in [5.74, 6) is -0.0141. The summed E-state index contributed by atoms with van der Waals surface area (Å²) in [6.45, 7) is 5.01. The predicted molar refractivity (Wildman–Crippen MR) is 83.5 cm³/mol. The molecule has 2 aromatic rings. The third kappa shape index (κ3) is 4.28. The van der Waals surface area contributed by atoms with Gasteiger partial charge in [0.2, 0.25) is 0 Å². The van der Waals surface area contributed by atoms with Gasteiger partial charge in [-0.15, -0.1) is 10.2 Å². The van der Waals surface area contributed by atoms with Crippen molar-refractivity contribution >= 4 is 29.1 Å². The SMILES string of the molecule is CCCCn1nc(C)cc1-c1nnc(SCC(=O)OC)s1. The maximum absolute atomic E-state index is 11.1. The van der Waals surface area contributed by atoms with E-state index < -0.39 is 0 Å². The van der Waals surface area contributed by atoms with Crippen molar-refractivity contribution in [3.8, 4) is 10.7 Å². The Hall–Kier alpha value is -1.41. The van der Waals surface area contributed by atoms with Crippen molar-refractivity contribution < 1.29 is 9.53 Å². The lowest BCUT2D eigenvalue weighted by Crippen LogP contribution is -2.02. The zero-order chi connectivity index (χ0) is 15.2. The van der Waals surface area contributed by atoms with Gasteiger partial charge in [-0.3, -0.25) is 9.48 Å². The maximum Gasteiger partial charge on any atom is 0.316 e. The molecular formula is C13H18N4O2S2. The lowest BCUT2D eigenvalue weighted by atomic mass is 10.3. The molecule has 0 atom stereocenters. The number of carbonyl (C=O) groups is 1. The van der Waals surface area contributed by atoms with E-state index in [2.05, 4.69) is 27.0 Å². The van der Waals surface area contributed by atoms with Crippen molar-refractivity contribution in [1.82, 2.24) is 20.0 Å². The van der Waals surface area contributed by atoms with Crippen LogP contribution in [0.1, 0.15) is 25.5 Å². The molecular weight excluding hydrogens is 308 g/mol. The smallest absolute Gasteiger partial charge is 0.316 e. The number of esters is 1. The van der Waals surface area contributed by atoms with E-state index in [9.17, 15) is 4.79 Å². The van der Waals surface area contributed by atoms with Crippen LogP contribution < -0.4 is 0 Å². The highest BCUT2D eigenvalue weighted by Gasteiger charge is 2.14. The number of thioether (sulfide) groups is 1. The molecule has 0 aliphatic heterocycles. The van der Waals surface area contributed by atoms with Gasteiger partial charge in [-0.1, -0.05) is 36.4 Å². The number of nitrogens with zero attached hydrogens (tertiary/aromatic N) is 4. The first-order chi connectivity index (χ1) is 10.1. The molecule has 0 fully saturated rings. The molecule has 0 unspecified atom stereocenters. The largest absolute Gasteiger partial charge is 0.468 e. The van der Waals surface area contributed by atoms with Gasteiger partial charge in [-0.2, -0.15) is 5.10 Å². The van der Waals surface area contributed by atoms with E-state index in [-0.39, 0.29) is 11.7 Å². The molecule has 0 saturated heterocycles. The van der Waals surface area contributed by atoms with Crippen LogP contribution in [0.3, 0.4) is 0 Å². The summed E-state index contributed by atoms with van der Waals surface area (Å²) < 4.78 is 7.35. The molecule has 0 saturated carbocycles. The predicted octanol–water partition coefficient (Wildman–Crippen LogP) is 2.78. The van der Waals surface area contributed by atoms with Gasteiger partial charge in [-0.05, 0) is 19.4 Å². The van der Waals surface area contributed by atoms with Crippen molar-refractivity contribution in [2.24, 2.45) is 0 Å². The van der Waals surface area contributed by atoms with Crippen LogP contribution in [0.2, 0.25) is 0 Å². The molecule has 2 aromatic heterocycles. The Kier molecular flexibility index (Phi) is 5.75. The summed E-state index contributed by atoms with van der Waals surface area (Å²) in [6.07, 6.45) is 2.20. The molecule has 8 heteroatoms. The van der Waals surface area contributed by atoms with E-state index in [1.165, 1.54) is 30.2 Å². The average molecular weight is 326 g/mol. The Morgan fingerprint density at radius 1 is 1.48 bits per heavy atom. The first kappa shape index (κ1) is 16.0. The maximum atomic E-state index is 11.1. The molecule has 21 heavy (non-hydrogen) atoms. The van der Waals surface area contributed by atoms with Crippen molar-refractivity contribution in [2.45, 2.75) is 37.6 Å². The number of aromatic nitrogens is 4. The molecule has 0 spiro atoms. The number of aryl methyl sites for hydroxylation is 2. The Balaban J connectivity index is 2.11. The van der Waals surface area contributed by atoms with E-state index in [1.807, 2.05) is 17.7 Å². The second-order valence-corrected chi connectivity index (χ2v) is 6.69. The van der Waals surface area contributed by atoms with Crippen molar-refractivity contribution in [2.75, 3.05) is 12.9 Å². The van der Waals surface area contributed by atoms with Crippen LogP contribution in [-0.4, -0.2) is 38.8 Å². The second kappa shape index (κ2) is 7.56.